The van der Waals surface area contributed by atoms with Gasteiger partial charge in [0.1, 0.15) is 5.82 Å². The third-order valence-electron chi connectivity index (χ3n) is 2.79. The van der Waals surface area contributed by atoms with Crippen LogP contribution in [0.15, 0.2) is 16.6 Å². The Balaban J connectivity index is 2.56. The van der Waals surface area contributed by atoms with Gasteiger partial charge in [-0.05, 0) is 48.4 Å². The first kappa shape index (κ1) is 9.20. The first-order chi connectivity index (χ1) is 6.18. The van der Waals surface area contributed by atoms with Crippen molar-refractivity contribution in [3.8, 4) is 0 Å². The fraction of sp³-hybridized carbons (Fsp3) is 0.455. The lowest BCUT2D eigenvalue weighted by Crippen LogP contribution is -2.08. The summed E-state index contributed by atoms with van der Waals surface area (Å²) in [7, 11) is 0. The van der Waals surface area contributed by atoms with Crippen LogP contribution in [0.1, 0.15) is 36.8 Å². The molecule has 1 aliphatic rings. The molecule has 0 fully saturated rings. The Kier molecular flexibility index (Phi) is 2.41. The predicted octanol–water partition coefficient (Wildman–Crippen LogP) is 4.03. The highest BCUT2D eigenvalue weighted by Gasteiger charge is 2.19. The summed E-state index contributed by atoms with van der Waals surface area (Å²) in [6, 6.07) is 3.25. The standard InChI is InChI=1S/C11H12BrF/c1-7-3-2-4-9-10(7)5-8(13)6-11(9)12/h5-7H,2-4H2,1H3. The molecule has 0 saturated carbocycles. The van der Waals surface area contributed by atoms with E-state index in [1.807, 2.05) is 0 Å². The van der Waals surface area contributed by atoms with E-state index in [0.717, 1.165) is 10.9 Å². The molecular formula is C11H12BrF. The molecule has 0 bridgehead atoms. The number of benzene rings is 1. The van der Waals surface area contributed by atoms with Gasteiger partial charge in [-0.1, -0.05) is 22.9 Å². The lowest BCUT2D eigenvalue weighted by Gasteiger charge is -2.23. The molecule has 1 aromatic rings. The summed E-state index contributed by atoms with van der Waals surface area (Å²) >= 11 is 3.42. The monoisotopic (exact) mass is 242 g/mol. The van der Waals surface area contributed by atoms with Gasteiger partial charge < -0.3 is 0 Å². The highest BCUT2D eigenvalue weighted by atomic mass is 79.9. The maximum absolute atomic E-state index is 13.1. The van der Waals surface area contributed by atoms with Gasteiger partial charge in [-0.3, -0.25) is 0 Å². The predicted molar refractivity (Wildman–Crippen MR) is 55.5 cm³/mol. The highest BCUT2D eigenvalue weighted by molar-refractivity contribution is 9.10. The van der Waals surface area contributed by atoms with E-state index < -0.39 is 0 Å². The summed E-state index contributed by atoms with van der Waals surface area (Å²) in [6.07, 6.45) is 3.49. The molecule has 0 spiro atoms. The van der Waals surface area contributed by atoms with Crippen molar-refractivity contribution >= 4 is 15.9 Å². The molecule has 13 heavy (non-hydrogen) atoms. The number of hydrogen-bond donors (Lipinski definition) is 0. The molecule has 2 heteroatoms. The Labute approximate surface area is 86.3 Å². The van der Waals surface area contributed by atoms with Crippen molar-refractivity contribution in [3.63, 3.8) is 0 Å². The van der Waals surface area contributed by atoms with Crippen LogP contribution >= 0.6 is 15.9 Å². The van der Waals surface area contributed by atoms with Gasteiger partial charge >= 0.3 is 0 Å². The van der Waals surface area contributed by atoms with E-state index in [9.17, 15) is 4.39 Å². The van der Waals surface area contributed by atoms with E-state index in [1.54, 1.807) is 12.1 Å². The van der Waals surface area contributed by atoms with Crippen molar-refractivity contribution in [2.45, 2.75) is 32.1 Å². The Morgan fingerprint density at radius 2 is 2.23 bits per heavy atom. The summed E-state index contributed by atoms with van der Waals surface area (Å²) in [5.74, 6) is 0.384. The molecule has 1 aromatic carbocycles. The van der Waals surface area contributed by atoms with E-state index in [0.29, 0.717) is 5.92 Å². The third kappa shape index (κ3) is 1.64. The molecule has 1 atom stereocenters. The van der Waals surface area contributed by atoms with Crippen molar-refractivity contribution in [1.82, 2.24) is 0 Å². The Morgan fingerprint density at radius 3 is 3.00 bits per heavy atom. The maximum atomic E-state index is 13.1. The Bertz CT molecular complexity index is 333. The number of hydrogen-bond acceptors (Lipinski definition) is 0. The molecule has 0 radical (unpaired) electrons. The second kappa shape index (κ2) is 3.41. The molecule has 0 saturated heterocycles. The normalized spacial score (nSPS) is 21.3. The van der Waals surface area contributed by atoms with Gasteiger partial charge in [0, 0.05) is 4.47 Å². The first-order valence-corrected chi connectivity index (χ1v) is 5.45. The lowest BCUT2D eigenvalue weighted by atomic mass is 9.84. The van der Waals surface area contributed by atoms with Gasteiger partial charge in [0.05, 0.1) is 0 Å². The summed E-state index contributed by atoms with van der Waals surface area (Å²) in [6.45, 7) is 2.17. The van der Waals surface area contributed by atoms with Crippen molar-refractivity contribution in [2.75, 3.05) is 0 Å². The quantitative estimate of drug-likeness (QED) is 0.645. The summed E-state index contributed by atoms with van der Waals surface area (Å²) in [5, 5.41) is 0. The fourth-order valence-electron chi connectivity index (χ4n) is 2.07. The van der Waals surface area contributed by atoms with Crippen molar-refractivity contribution in [3.05, 3.63) is 33.5 Å². The maximum Gasteiger partial charge on any atom is 0.124 e. The molecule has 0 aromatic heterocycles. The third-order valence-corrected chi connectivity index (χ3v) is 3.50. The minimum absolute atomic E-state index is 0.126. The second-order valence-corrected chi connectivity index (χ2v) is 4.60. The fourth-order valence-corrected chi connectivity index (χ4v) is 2.71. The van der Waals surface area contributed by atoms with Crippen LogP contribution in [0.4, 0.5) is 4.39 Å². The van der Waals surface area contributed by atoms with Gasteiger partial charge in [-0.2, -0.15) is 0 Å². The number of rotatable bonds is 0. The molecule has 0 nitrogen and oxygen atoms in total. The minimum Gasteiger partial charge on any atom is -0.207 e. The van der Waals surface area contributed by atoms with E-state index in [-0.39, 0.29) is 5.82 Å². The van der Waals surface area contributed by atoms with E-state index in [4.69, 9.17) is 0 Å². The zero-order valence-electron chi connectivity index (χ0n) is 7.61. The minimum atomic E-state index is -0.126. The number of halogens is 2. The van der Waals surface area contributed by atoms with Crippen molar-refractivity contribution < 1.29 is 4.39 Å². The van der Waals surface area contributed by atoms with Crippen LogP contribution in [0.2, 0.25) is 0 Å². The molecule has 1 unspecified atom stereocenters. The summed E-state index contributed by atoms with van der Waals surface area (Å²) < 4.78 is 14.0. The van der Waals surface area contributed by atoms with Crippen LogP contribution in [-0.4, -0.2) is 0 Å². The van der Waals surface area contributed by atoms with Crippen LogP contribution in [0, 0.1) is 5.82 Å². The molecule has 1 aliphatic carbocycles. The first-order valence-electron chi connectivity index (χ1n) is 4.66. The SMILES string of the molecule is CC1CCCc2c(Br)cc(F)cc21. The van der Waals surface area contributed by atoms with Crippen molar-refractivity contribution in [1.29, 1.82) is 0 Å². The zero-order chi connectivity index (χ0) is 9.42. The number of fused-ring (bicyclic) bond motifs is 1. The molecule has 0 amide bonds. The molecule has 2 rings (SSSR count). The molecule has 70 valence electrons. The van der Waals surface area contributed by atoms with Gasteiger partial charge in [0.25, 0.3) is 0 Å². The summed E-state index contributed by atoms with van der Waals surface area (Å²) in [4.78, 5) is 0. The van der Waals surface area contributed by atoms with Gasteiger partial charge in [0.2, 0.25) is 0 Å². The Morgan fingerprint density at radius 1 is 1.46 bits per heavy atom. The molecule has 0 aliphatic heterocycles. The summed E-state index contributed by atoms with van der Waals surface area (Å²) in [5.41, 5.74) is 2.50. The highest BCUT2D eigenvalue weighted by Crippen LogP contribution is 2.35. The van der Waals surface area contributed by atoms with Crippen LogP contribution in [-0.2, 0) is 6.42 Å². The van der Waals surface area contributed by atoms with Gasteiger partial charge in [-0.25, -0.2) is 4.39 Å². The van der Waals surface area contributed by atoms with Crippen LogP contribution in [0.3, 0.4) is 0 Å². The van der Waals surface area contributed by atoms with Crippen LogP contribution < -0.4 is 0 Å². The largest absolute Gasteiger partial charge is 0.207 e. The van der Waals surface area contributed by atoms with Crippen molar-refractivity contribution in [2.24, 2.45) is 0 Å². The zero-order valence-corrected chi connectivity index (χ0v) is 9.20. The second-order valence-electron chi connectivity index (χ2n) is 3.75. The average Bonchev–Trinajstić information content (AvgIpc) is 2.07. The molecule has 0 heterocycles. The lowest BCUT2D eigenvalue weighted by molar-refractivity contribution is 0.570. The average molecular weight is 243 g/mol. The van der Waals surface area contributed by atoms with Crippen LogP contribution in [0.5, 0.6) is 0 Å². The smallest absolute Gasteiger partial charge is 0.124 e. The topological polar surface area (TPSA) is 0 Å². The van der Waals surface area contributed by atoms with E-state index in [1.165, 1.54) is 24.0 Å². The van der Waals surface area contributed by atoms with Crippen LogP contribution in [0.25, 0.3) is 0 Å². The Hall–Kier alpha value is -0.370. The molecular weight excluding hydrogens is 231 g/mol. The van der Waals surface area contributed by atoms with Gasteiger partial charge in [0.15, 0.2) is 0 Å². The molecule has 0 N–H and O–H groups in total. The van der Waals surface area contributed by atoms with Gasteiger partial charge in [-0.15, -0.1) is 0 Å². The van der Waals surface area contributed by atoms with E-state index >= 15 is 0 Å². The van der Waals surface area contributed by atoms with E-state index in [2.05, 4.69) is 22.9 Å².